The smallest absolute Gasteiger partial charge is 0.266 e. The van der Waals surface area contributed by atoms with E-state index in [-0.39, 0.29) is 23.6 Å². The van der Waals surface area contributed by atoms with Crippen LogP contribution in [0, 0.1) is 6.92 Å². The Bertz CT molecular complexity index is 1240. The van der Waals surface area contributed by atoms with Gasteiger partial charge in [-0.2, -0.15) is 9.40 Å². The molecule has 9 heteroatoms. The van der Waals surface area contributed by atoms with Crippen molar-refractivity contribution in [3.8, 4) is 17.0 Å². The van der Waals surface area contributed by atoms with Crippen LogP contribution in [-0.2, 0) is 21.3 Å². The molecule has 8 nitrogen and oxygen atoms in total. The Labute approximate surface area is 187 Å². The minimum Gasteiger partial charge on any atom is -0.492 e. The van der Waals surface area contributed by atoms with E-state index in [4.69, 9.17) is 9.47 Å². The van der Waals surface area contributed by atoms with Gasteiger partial charge in [0.15, 0.2) is 0 Å². The maximum absolute atomic E-state index is 13.2. The predicted octanol–water partition coefficient (Wildman–Crippen LogP) is 2.32. The third kappa shape index (κ3) is 4.90. The van der Waals surface area contributed by atoms with Gasteiger partial charge in [0.05, 0.1) is 30.3 Å². The summed E-state index contributed by atoms with van der Waals surface area (Å²) in [5.74, 6) is 0.716. The molecule has 3 aromatic rings. The fourth-order valence-corrected chi connectivity index (χ4v) is 5.15. The lowest BCUT2D eigenvalue weighted by Crippen LogP contribution is -2.40. The van der Waals surface area contributed by atoms with Gasteiger partial charge in [-0.05, 0) is 36.8 Å². The van der Waals surface area contributed by atoms with Crippen molar-refractivity contribution in [1.82, 2.24) is 14.1 Å². The van der Waals surface area contributed by atoms with Crippen molar-refractivity contribution in [1.29, 1.82) is 0 Å². The number of para-hydroxylation sites is 1. The highest BCUT2D eigenvalue weighted by molar-refractivity contribution is 7.89. The molecule has 0 aliphatic carbocycles. The molecule has 2 heterocycles. The van der Waals surface area contributed by atoms with Gasteiger partial charge in [0.1, 0.15) is 12.4 Å². The Morgan fingerprint density at radius 3 is 2.53 bits per heavy atom. The van der Waals surface area contributed by atoms with E-state index in [0.717, 1.165) is 0 Å². The predicted molar refractivity (Wildman–Crippen MR) is 120 cm³/mol. The SMILES string of the molecule is Cc1ccc(-c2ccc(=O)n(CCOc3ccccc3)n2)cc1S(=O)(=O)N1CCOCC1. The van der Waals surface area contributed by atoms with Crippen molar-refractivity contribution >= 4 is 10.0 Å². The van der Waals surface area contributed by atoms with Crippen LogP contribution >= 0.6 is 0 Å². The Balaban J connectivity index is 1.58. The van der Waals surface area contributed by atoms with E-state index >= 15 is 0 Å². The highest BCUT2D eigenvalue weighted by Gasteiger charge is 2.28. The second-order valence-corrected chi connectivity index (χ2v) is 9.34. The van der Waals surface area contributed by atoms with Crippen LogP contribution in [0.15, 0.2) is 70.4 Å². The Kier molecular flexibility index (Phi) is 6.69. The van der Waals surface area contributed by atoms with Gasteiger partial charge in [-0.3, -0.25) is 4.79 Å². The molecule has 0 unspecified atom stereocenters. The standard InChI is InChI=1S/C23H25N3O5S/c1-18-7-8-19(17-22(18)32(28,29)25-11-14-30-15-12-25)21-9-10-23(27)26(24-21)13-16-31-20-5-3-2-4-6-20/h2-10,17H,11-16H2,1H3. The fourth-order valence-electron chi connectivity index (χ4n) is 3.49. The molecule has 1 saturated heterocycles. The highest BCUT2D eigenvalue weighted by Crippen LogP contribution is 2.26. The zero-order valence-electron chi connectivity index (χ0n) is 17.8. The first-order valence-electron chi connectivity index (χ1n) is 10.4. The number of ether oxygens (including phenoxy) is 2. The number of sulfonamides is 1. The van der Waals surface area contributed by atoms with E-state index in [9.17, 15) is 13.2 Å². The number of aromatic nitrogens is 2. The van der Waals surface area contributed by atoms with Crippen molar-refractivity contribution in [2.75, 3.05) is 32.9 Å². The summed E-state index contributed by atoms with van der Waals surface area (Å²) >= 11 is 0. The molecule has 0 radical (unpaired) electrons. The lowest BCUT2D eigenvalue weighted by Gasteiger charge is -2.26. The quantitative estimate of drug-likeness (QED) is 0.543. The average molecular weight is 456 g/mol. The second kappa shape index (κ2) is 9.64. The third-order valence-corrected chi connectivity index (χ3v) is 7.29. The van der Waals surface area contributed by atoms with Crippen LogP contribution in [0.3, 0.4) is 0 Å². The van der Waals surface area contributed by atoms with Crippen LogP contribution in [0.25, 0.3) is 11.3 Å². The maximum atomic E-state index is 13.2. The third-order valence-electron chi connectivity index (χ3n) is 5.25. The first-order chi connectivity index (χ1) is 15.4. The summed E-state index contributed by atoms with van der Waals surface area (Å²) in [6.45, 7) is 3.75. The lowest BCUT2D eigenvalue weighted by molar-refractivity contribution is 0.0730. The van der Waals surface area contributed by atoms with Crippen LogP contribution in [0.4, 0.5) is 0 Å². The molecule has 0 N–H and O–H groups in total. The van der Waals surface area contributed by atoms with Crippen molar-refractivity contribution in [3.05, 3.63) is 76.6 Å². The van der Waals surface area contributed by atoms with Crippen LogP contribution in [-0.4, -0.2) is 55.4 Å². The zero-order chi connectivity index (χ0) is 22.6. The molecule has 1 aliphatic heterocycles. The molecule has 1 aromatic heterocycles. The molecule has 0 bridgehead atoms. The van der Waals surface area contributed by atoms with Gasteiger partial charge < -0.3 is 9.47 Å². The largest absolute Gasteiger partial charge is 0.492 e. The topological polar surface area (TPSA) is 90.7 Å². The number of hydrogen-bond acceptors (Lipinski definition) is 6. The van der Waals surface area contributed by atoms with Gasteiger partial charge >= 0.3 is 0 Å². The summed E-state index contributed by atoms with van der Waals surface area (Å²) in [5, 5.41) is 4.43. The van der Waals surface area contributed by atoms with E-state index in [1.54, 1.807) is 25.1 Å². The van der Waals surface area contributed by atoms with E-state index < -0.39 is 10.0 Å². The number of aryl methyl sites for hydroxylation is 1. The Morgan fingerprint density at radius 2 is 1.78 bits per heavy atom. The number of nitrogens with zero attached hydrogens (tertiary/aromatic N) is 3. The van der Waals surface area contributed by atoms with Crippen LogP contribution in [0.1, 0.15) is 5.56 Å². The molecule has 32 heavy (non-hydrogen) atoms. The van der Waals surface area contributed by atoms with Gasteiger partial charge in [0, 0.05) is 24.7 Å². The normalized spacial score (nSPS) is 14.9. The molecule has 1 aliphatic rings. The van der Waals surface area contributed by atoms with Gasteiger partial charge in [-0.1, -0.05) is 30.3 Å². The number of benzene rings is 2. The highest BCUT2D eigenvalue weighted by atomic mass is 32.2. The first kappa shape index (κ1) is 22.2. The molecule has 1 fully saturated rings. The van der Waals surface area contributed by atoms with E-state index in [1.165, 1.54) is 15.1 Å². The van der Waals surface area contributed by atoms with Gasteiger partial charge in [0.2, 0.25) is 10.0 Å². The molecule has 0 atom stereocenters. The summed E-state index contributed by atoms with van der Waals surface area (Å²) in [5.41, 5.74) is 1.55. The fraction of sp³-hybridized carbons (Fsp3) is 0.304. The molecule has 2 aromatic carbocycles. The van der Waals surface area contributed by atoms with Gasteiger partial charge in [-0.25, -0.2) is 13.1 Å². The minimum absolute atomic E-state index is 0.240. The zero-order valence-corrected chi connectivity index (χ0v) is 18.6. The summed E-state index contributed by atoms with van der Waals surface area (Å²) in [6, 6.07) is 17.6. The summed E-state index contributed by atoms with van der Waals surface area (Å²) in [7, 11) is -3.65. The molecule has 168 valence electrons. The van der Waals surface area contributed by atoms with Crippen molar-refractivity contribution in [2.24, 2.45) is 0 Å². The van der Waals surface area contributed by atoms with Crippen LogP contribution < -0.4 is 10.3 Å². The Hall–Kier alpha value is -3.01. The van der Waals surface area contributed by atoms with Crippen LogP contribution in [0.5, 0.6) is 5.75 Å². The molecular formula is C23H25N3O5S. The number of hydrogen-bond donors (Lipinski definition) is 0. The summed E-state index contributed by atoms with van der Waals surface area (Å²) < 4.78 is 40.0. The van der Waals surface area contributed by atoms with Crippen molar-refractivity contribution in [2.45, 2.75) is 18.4 Å². The molecule has 0 spiro atoms. The van der Waals surface area contributed by atoms with Crippen molar-refractivity contribution < 1.29 is 17.9 Å². The Morgan fingerprint density at radius 1 is 1.03 bits per heavy atom. The maximum Gasteiger partial charge on any atom is 0.266 e. The number of rotatable bonds is 7. The van der Waals surface area contributed by atoms with Crippen LogP contribution in [0.2, 0.25) is 0 Å². The van der Waals surface area contributed by atoms with E-state index in [0.29, 0.717) is 48.9 Å². The summed E-state index contributed by atoms with van der Waals surface area (Å²) in [4.78, 5) is 12.5. The monoisotopic (exact) mass is 455 g/mol. The minimum atomic E-state index is -3.65. The summed E-state index contributed by atoms with van der Waals surface area (Å²) in [6.07, 6.45) is 0. The average Bonchev–Trinajstić information content (AvgIpc) is 2.82. The van der Waals surface area contributed by atoms with Gasteiger partial charge in [-0.15, -0.1) is 0 Å². The van der Waals surface area contributed by atoms with E-state index in [1.807, 2.05) is 36.4 Å². The van der Waals surface area contributed by atoms with Gasteiger partial charge in [0.25, 0.3) is 5.56 Å². The molecule has 4 rings (SSSR count). The second-order valence-electron chi connectivity index (χ2n) is 7.44. The number of morpholine rings is 1. The van der Waals surface area contributed by atoms with E-state index in [2.05, 4.69) is 5.10 Å². The lowest BCUT2D eigenvalue weighted by atomic mass is 10.1. The first-order valence-corrected chi connectivity index (χ1v) is 11.8. The molecule has 0 saturated carbocycles. The van der Waals surface area contributed by atoms with Crippen molar-refractivity contribution in [3.63, 3.8) is 0 Å². The molecule has 0 amide bonds. The molecular weight excluding hydrogens is 430 g/mol.